The average molecular weight is 350 g/mol. The minimum absolute atomic E-state index is 0.140. The molecular weight excluding hydrogens is 335 g/mol. The molecule has 1 N–H and O–H groups in total. The van der Waals surface area contributed by atoms with Crippen molar-refractivity contribution < 1.29 is 9.18 Å². The van der Waals surface area contributed by atoms with E-state index in [-0.39, 0.29) is 24.7 Å². The standard InChI is InChI=1S/C20H15FN2OS/c21-17-10-4-9-16(12-17)20-23-18(14-25-20)13-19(24)22-11-5-8-15-6-2-1-3-7-15/h1-4,6-7,9-10,12,14H,11,13H2,(H,22,24). The molecule has 0 atom stereocenters. The van der Waals surface area contributed by atoms with Gasteiger partial charge in [0.2, 0.25) is 5.91 Å². The molecule has 124 valence electrons. The Kier molecular flexibility index (Phi) is 5.55. The Morgan fingerprint density at radius 2 is 2.00 bits per heavy atom. The van der Waals surface area contributed by atoms with Gasteiger partial charge >= 0.3 is 0 Å². The summed E-state index contributed by atoms with van der Waals surface area (Å²) in [6.45, 7) is 0.286. The molecule has 25 heavy (non-hydrogen) atoms. The van der Waals surface area contributed by atoms with Crippen molar-refractivity contribution in [3.63, 3.8) is 0 Å². The lowest BCUT2D eigenvalue weighted by Crippen LogP contribution is -2.25. The van der Waals surface area contributed by atoms with Crippen molar-refractivity contribution in [2.24, 2.45) is 0 Å². The third kappa shape index (κ3) is 5.00. The molecule has 3 nitrogen and oxygen atoms in total. The summed E-state index contributed by atoms with van der Waals surface area (Å²) in [5.41, 5.74) is 2.29. The minimum Gasteiger partial charge on any atom is -0.345 e. The van der Waals surface area contributed by atoms with Gasteiger partial charge in [-0.2, -0.15) is 0 Å². The first-order valence-electron chi connectivity index (χ1n) is 7.72. The summed E-state index contributed by atoms with van der Waals surface area (Å²) >= 11 is 1.39. The highest BCUT2D eigenvalue weighted by atomic mass is 32.1. The molecule has 0 radical (unpaired) electrons. The predicted molar refractivity (Wildman–Crippen MR) is 97.5 cm³/mol. The van der Waals surface area contributed by atoms with E-state index in [0.29, 0.717) is 16.3 Å². The van der Waals surface area contributed by atoms with E-state index in [1.807, 2.05) is 35.7 Å². The molecule has 0 bridgehead atoms. The van der Waals surface area contributed by atoms with Gasteiger partial charge in [-0.3, -0.25) is 4.79 Å². The van der Waals surface area contributed by atoms with Gasteiger partial charge in [-0.15, -0.1) is 11.3 Å². The highest BCUT2D eigenvalue weighted by Gasteiger charge is 2.09. The normalized spacial score (nSPS) is 9.96. The molecule has 0 fully saturated rings. The maximum absolute atomic E-state index is 13.3. The van der Waals surface area contributed by atoms with Crippen LogP contribution in [0.2, 0.25) is 0 Å². The maximum Gasteiger partial charge on any atom is 0.226 e. The summed E-state index contributed by atoms with van der Waals surface area (Å²) in [4.78, 5) is 16.3. The van der Waals surface area contributed by atoms with Crippen LogP contribution < -0.4 is 5.32 Å². The van der Waals surface area contributed by atoms with Crippen molar-refractivity contribution in [3.05, 3.63) is 77.1 Å². The van der Waals surface area contributed by atoms with Crippen LogP contribution in [-0.2, 0) is 11.2 Å². The fourth-order valence-corrected chi connectivity index (χ4v) is 3.00. The van der Waals surface area contributed by atoms with Gasteiger partial charge in [0.1, 0.15) is 10.8 Å². The molecule has 1 heterocycles. The number of rotatable bonds is 4. The lowest BCUT2D eigenvalue weighted by molar-refractivity contribution is -0.120. The van der Waals surface area contributed by atoms with Crippen LogP contribution in [0.15, 0.2) is 60.0 Å². The van der Waals surface area contributed by atoms with E-state index in [1.165, 1.54) is 23.5 Å². The second-order valence-corrected chi connectivity index (χ2v) is 6.13. The summed E-state index contributed by atoms with van der Waals surface area (Å²) in [6.07, 6.45) is 0.179. The number of halogens is 1. The van der Waals surface area contributed by atoms with E-state index in [1.54, 1.807) is 12.1 Å². The maximum atomic E-state index is 13.3. The fraction of sp³-hybridized carbons (Fsp3) is 0.100. The van der Waals surface area contributed by atoms with E-state index >= 15 is 0 Å². The number of nitrogens with one attached hydrogen (secondary N) is 1. The molecule has 0 aliphatic heterocycles. The zero-order valence-electron chi connectivity index (χ0n) is 13.3. The van der Waals surface area contributed by atoms with Crippen molar-refractivity contribution in [2.45, 2.75) is 6.42 Å². The van der Waals surface area contributed by atoms with Crippen LogP contribution in [0.25, 0.3) is 10.6 Å². The number of hydrogen-bond donors (Lipinski definition) is 1. The molecule has 2 aromatic carbocycles. The summed E-state index contributed by atoms with van der Waals surface area (Å²) < 4.78 is 13.3. The average Bonchev–Trinajstić information content (AvgIpc) is 3.08. The van der Waals surface area contributed by atoms with Gasteiger partial charge in [0, 0.05) is 16.5 Å². The number of amides is 1. The number of hydrogen-bond acceptors (Lipinski definition) is 3. The van der Waals surface area contributed by atoms with Gasteiger partial charge in [0.15, 0.2) is 0 Å². The quantitative estimate of drug-likeness (QED) is 0.730. The van der Waals surface area contributed by atoms with Gasteiger partial charge < -0.3 is 5.32 Å². The first-order valence-corrected chi connectivity index (χ1v) is 8.59. The zero-order valence-corrected chi connectivity index (χ0v) is 14.1. The molecule has 3 rings (SSSR count). The van der Waals surface area contributed by atoms with Crippen LogP contribution in [0.3, 0.4) is 0 Å². The summed E-state index contributed by atoms with van der Waals surface area (Å²) in [6, 6.07) is 15.9. The molecule has 0 aliphatic carbocycles. The van der Waals surface area contributed by atoms with Crippen LogP contribution in [0, 0.1) is 17.7 Å². The lowest BCUT2D eigenvalue weighted by Gasteiger charge is -1.99. The Morgan fingerprint density at radius 3 is 2.80 bits per heavy atom. The van der Waals surface area contributed by atoms with Crippen LogP contribution in [0.1, 0.15) is 11.3 Å². The van der Waals surface area contributed by atoms with Crippen molar-refractivity contribution in [3.8, 4) is 22.4 Å². The van der Waals surface area contributed by atoms with Crippen molar-refractivity contribution >= 4 is 17.2 Å². The molecule has 0 unspecified atom stereocenters. The minimum atomic E-state index is -0.302. The molecule has 0 aliphatic rings. The smallest absolute Gasteiger partial charge is 0.226 e. The lowest BCUT2D eigenvalue weighted by atomic mass is 10.2. The Bertz CT molecular complexity index is 925. The van der Waals surface area contributed by atoms with Gasteiger partial charge in [-0.25, -0.2) is 9.37 Å². The van der Waals surface area contributed by atoms with Gasteiger partial charge in [-0.1, -0.05) is 42.2 Å². The highest BCUT2D eigenvalue weighted by Crippen LogP contribution is 2.24. The fourth-order valence-electron chi connectivity index (χ4n) is 2.18. The number of thiazole rings is 1. The van der Waals surface area contributed by atoms with E-state index in [0.717, 1.165) is 5.56 Å². The second kappa shape index (κ2) is 8.22. The highest BCUT2D eigenvalue weighted by molar-refractivity contribution is 7.13. The van der Waals surface area contributed by atoms with Crippen molar-refractivity contribution in [2.75, 3.05) is 6.54 Å². The third-order valence-corrected chi connectivity index (χ3v) is 4.29. The molecule has 5 heteroatoms. The van der Waals surface area contributed by atoms with E-state index < -0.39 is 0 Å². The van der Waals surface area contributed by atoms with Gasteiger partial charge in [0.05, 0.1) is 18.7 Å². The molecule has 0 saturated carbocycles. The van der Waals surface area contributed by atoms with E-state index in [2.05, 4.69) is 22.1 Å². The van der Waals surface area contributed by atoms with Gasteiger partial charge in [-0.05, 0) is 24.3 Å². The van der Waals surface area contributed by atoms with Gasteiger partial charge in [0.25, 0.3) is 0 Å². The number of nitrogens with zero attached hydrogens (tertiary/aromatic N) is 1. The second-order valence-electron chi connectivity index (χ2n) is 5.28. The summed E-state index contributed by atoms with van der Waals surface area (Å²) in [7, 11) is 0. The van der Waals surface area contributed by atoms with E-state index in [9.17, 15) is 9.18 Å². The Balaban J connectivity index is 1.53. The molecule has 0 spiro atoms. The number of carbonyl (C=O) groups excluding carboxylic acids is 1. The first kappa shape index (κ1) is 16.9. The molecular formula is C20H15FN2OS. The molecule has 1 aromatic heterocycles. The topological polar surface area (TPSA) is 42.0 Å². The number of aromatic nitrogens is 1. The van der Waals surface area contributed by atoms with E-state index in [4.69, 9.17) is 0 Å². The van der Waals surface area contributed by atoms with Crippen LogP contribution >= 0.6 is 11.3 Å². The summed E-state index contributed by atoms with van der Waals surface area (Å²) in [5.74, 6) is 5.45. The Labute approximate surface area is 149 Å². The molecule has 1 amide bonds. The van der Waals surface area contributed by atoms with Crippen LogP contribution in [0.4, 0.5) is 4.39 Å². The third-order valence-electron chi connectivity index (χ3n) is 3.35. The zero-order chi connectivity index (χ0) is 17.5. The van der Waals surface area contributed by atoms with Crippen LogP contribution in [0.5, 0.6) is 0 Å². The monoisotopic (exact) mass is 350 g/mol. The number of carbonyl (C=O) groups is 1. The summed E-state index contributed by atoms with van der Waals surface area (Å²) in [5, 5.41) is 5.27. The number of benzene rings is 2. The first-order chi connectivity index (χ1) is 12.2. The van der Waals surface area contributed by atoms with Crippen LogP contribution in [-0.4, -0.2) is 17.4 Å². The SMILES string of the molecule is O=C(Cc1csc(-c2cccc(F)c2)n1)NCC#Cc1ccccc1. The predicted octanol–water partition coefficient (Wildman–Crippen LogP) is 3.66. The Morgan fingerprint density at radius 1 is 1.16 bits per heavy atom. The largest absolute Gasteiger partial charge is 0.345 e. The molecule has 0 saturated heterocycles. The molecule has 3 aromatic rings. The Hall–Kier alpha value is -2.97. The van der Waals surface area contributed by atoms with Crippen molar-refractivity contribution in [1.29, 1.82) is 0 Å². The van der Waals surface area contributed by atoms with Crippen molar-refractivity contribution in [1.82, 2.24) is 10.3 Å².